The van der Waals surface area contributed by atoms with Gasteiger partial charge in [-0.25, -0.2) is 4.79 Å². The van der Waals surface area contributed by atoms with Crippen molar-refractivity contribution in [3.05, 3.63) is 35.4 Å². The van der Waals surface area contributed by atoms with E-state index in [2.05, 4.69) is 10.6 Å². The summed E-state index contributed by atoms with van der Waals surface area (Å²) in [5.74, 6) is -1.69. The van der Waals surface area contributed by atoms with E-state index >= 15 is 0 Å². The molecule has 3 aliphatic rings. The first kappa shape index (κ1) is 22.1. The van der Waals surface area contributed by atoms with Gasteiger partial charge < -0.3 is 20.2 Å². The first-order valence-electron chi connectivity index (χ1n) is 10.1. The number of amides is 5. The van der Waals surface area contributed by atoms with E-state index in [1.54, 1.807) is 0 Å². The molecular formula is C20H21F3N4O5. The van der Waals surface area contributed by atoms with E-state index in [0.29, 0.717) is 6.54 Å². The molecule has 0 aliphatic carbocycles. The molecule has 4 rings (SSSR count). The summed E-state index contributed by atoms with van der Waals surface area (Å²) in [7, 11) is 0. The molecule has 3 fully saturated rings. The van der Waals surface area contributed by atoms with E-state index in [0.717, 1.165) is 24.3 Å². The topological polar surface area (TPSA) is 119 Å². The van der Waals surface area contributed by atoms with Crippen molar-refractivity contribution in [2.75, 3.05) is 26.2 Å². The number of halogens is 3. The summed E-state index contributed by atoms with van der Waals surface area (Å²) in [5.41, 5.74) is -0.705. The summed E-state index contributed by atoms with van der Waals surface area (Å²) in [5, 5.41) is 14.3. The summed E-state index contributed by atoms with van der Waals surface area (Å²) in [4.78, 5) is 51.4. The van der Waals surface area contributed by atoms with Crippen LogP contribution in [0, 0.1) is 11.8 Å². The fourth-order valence-electron chi connectivity index (χ4n) is 4.71. The molecule has 4 unspecified atom stereocenters. The van der Waals surface area contributed by atoms with E-state index in [4.69, 9.17) is 0 Å². The van der Waals surface area contributed by atoms with Gasteiger partial charge in [0.25, 0.3) is 11.8 Å². The molecule has 0 radical (unpaired) electrons. The van der Waals surface area contributed by atoms with E-state index in [-0.39, 0.29) is 49.4 Å². The zero-order chi connectivity index (χ0) is 23.2. The van der Waals surface area contributed by atoms with Crippen LogP contribution in [-0.2, 0) is 15.8 Å². The van der Waals surface area contributed by atoms with Gasteiger partial charge in [-0.2, -0.15) is 13.2 Å². The van der Waals surface area contributed by atoms with Gasteiger partial charge in [0.15, 0.2) is 0 Å². The minimum atomic E-state index is -4.49. The number of aliphatic hydroxyl groups is 1. The van der Waals surface area contributed by atoms with Crippen LogP contribution in [0.25, 0.3) is 0 Å². The van der Waals surface area contributed by atoms with E-state index < -0.39 is 41.7 Å². The summed E-state index contributed by atoms with van der Waals surface area (Å²) >= 11 is 0. The molecule has 5 amide bonds. The lowest BCUT2D eigenvalue weighted by molar-refractivity contribution is -0.137. The average molecular weight is 454 g/mol. The second-order valence-electron chi connectivity index (χ2n) is 8.22. The number of hydrogen-bond acceptors (Lipinski definition) is 5. The average Bonchev–Trinajstić information content (AvgIpc) is 3.38. The SMILES string of the molecule is O=C1NC(=O)C(CC(=O)N2CC3CN(C(=O)c4ccc(C(F)(F)F)cc4)CC3C2CO)N1. The molecule has 0 spiro atoms. The number of aliphatic hydroxyl groups excluding tert-OH is 1. The summed E-state index contributed by atoms with van der Waals surface area (Å²) in [6, 6.07) is 1.81. The van der Waals surface area contributed by atoms with Gasteiger partial charge in [-0.3, -0.25) is 19.7 Å². The van der Waals surface area contributed by atoms with Crippen LogP contribution < -0.4 is 10.6 Å². The highest BCUT2D eigenvalue weighted by Gasteiger charge is 2.50. The number of likely N-dealkylation sites (tertiary alicyclic amines) is 2. The van der Waals surface area contributed by atoms with Gasteiger partial charge in [-0.1, -0.05) is 0 Å². The smallest absolute Gasteiger partial charge is 0.394 e. The second-order valence-corrected chi connectivity index (χ2v) is 8.22. The maximum atomic E-state index is 12.8. The maximum absolute atomic E-state index is 12.8. The van der Waals surface area contributed by atoms with Crippen LogP contribution in [0.1, 0.15) is 22.3 Å². The molecule has 3 aliphatic heterocycles. The molecule has 3 heterocycles. The Bertz CT molecular complexity index is 952. The summed E-state index contributed by atoms with van der Waals surface area (Å²) in [6.07, 6.45) is -4.72. The van der Waals surface area contributed by atoms with Gasteiger partial charge in [0, 0.05) is 37.0 Å². The Balaban J connectivity index is 1.40. The van der Waals surface area contributed by atoms with Gasteiger partial charge in [0.05, 0.1) is 24.6 Å². The van der Waals surface area contributed by atoms with Crippen molar-refractivity contribution in [2.24, 2.45) is 11.8 Å². The van der Waals surface area contributed by atoms with E-state index in [1.807, 2.05) is 0 Å². The van der Waals surface area contributed by atoms with Crippen molar-refractivity contribution < 1.29 is 37.5 Å². The Hall–Kier alpha value is -3.15. The van der Waals surface area contributed by atoms with Gasteiger partial charge >= 0.3 is 12.2 Å². The number of carbonyl (C=O) groups is 4. The molecule has 4 atom stereocenters. The third kappa shape index (κ3) is 4.01. The highest BCUT2D eigenvalue weighted by Crippen LogP contribution is 2.37. The molecule has 32 heavy (non-hydrogen) atoms. The van der Waals surface area contributed by atoms with Crippen molar-refractivity contribution in [1.29, 1.82) is 0 Å². The van der Waals surface area contributed by atoms with Gasteiger partial charge in [-0.15, -0.1) is 0 Å². The Labute approximate surface area is 180 Å². The number of hydrogen-bond donors (Lipinski definition) is 3. The molecule has 3 saturated heterocycles. The third-order valence-electron chi connectivity index (χ3n) is 6.31. The van der Waals surface area contributed by atoms with Crippen LogP contribution >= 0.6 is 0 Å². The number of rotatable bonds is 4. The number of imide groups is 1. The van der Waals surface area contributed by atoms with Crippen molar-refractivity contribution in [3.8, 4) is 0 Å². The zero-order valence-corrected chi connectivity index (χ0v) is 16.8. The standard InChI is InChI=1S/C20H21F3N4O5/c21-20(22,23)12-3-1-10(2-4-12)18(31)26-6-11-7-27(15(9-28)13(11)8-26)16(29)5-14-17(30)25-19(32)24-14/h1-4,11,13-15,28H,5-9H2,(H2,24,25,30,32). The zero-order valence-electron chi connectivity index (χ0n) is 16.8. The molecule has 1 aromatic carbocycles. The van der Waals surface area contributed by atoms with Crippen LogP contribution in [0.3, 0.4) is 0 Å². The first-order chi connectivity index (χ1) is 15.1. The molecule has 172 valence electrons. The summed E-state index contributed by atoms with van der Waals surface area (Å²) < 4.78 is 38.2. The molecule has 1 aromatic rings. The van der Waals surface area contributed by atoms with Crippen LogP contribution in [0.15, 0.2) is 24.3 Å². The van der Waals surface area contributed by atoms with Crippen molar-refractivity contribution in [2.45, 2.75) is 24.7 Å². The summed E-state index contributed by atoms with van der Waals surface area (Å²) in [6.45, 7) is 0.484. The highest BCUT2D eigenvalue weighted by molar-refractivity contribution is 6.05. The van der Waals surface area contributed by atoms with E-state index in [1.165, 1.54) is 9.80 Å². The fraction of sp³-hybridized carbons (Fsp3) is 0.500. The van der Waals surface area contributed by atoms with Crippen molar-refractivity contribution >= 4 is 23.8 Å². The number of nitrogens with zero attached hydrogens (tertiary/aromatic N) is 2. The molecule has 3 N–H and O–H groups in total. The predicted molar refractivity (Wildman–Crippen MR) is 102 cm³/mol. The normalized spacial score (nSPS) is 27.4. The number of carbonyl (C=O) groups excluding carboxylic acids is 4. The first-order valence-corrected chi connectivity index (χ1v) is 10.1. The number of urea groups is 1. The van der Waals surface area contributed by atoms with Crippen LogP contribution in [-0.4, -0.2) is 77.0 Å². The molecular weight excluding hydrogens is 433 g/mol. The molecule has 0 aromatic heterocycles. The monoisotopic (exact) mass is 454 g/mol. The Kier molecular flexibility index (Phi) is 5.57. The van der Waals surface area contributed by atoms with Gasteiger partial charge in [0.2, 0.25) is 5.91 Å². The Morgan fingerprint density at radius 1 is 1.09 bits per heavy atom. The quantitative estimate of drug-likeness (QED) is 0.562. The van der Waals surface area contributed by atoms with Crippen LogP contribution in [0.4, 0.5) is 18.0 Å². The van der Waals surface area contributed by atoms with Gasteiger partial charge in [-0.05, 0) is 24.3 Å². The van der Waals surface area contributed by atoms with Crippen LogP contribution in [0.2, 0.25) is 0 Å². The highest BCUT2D eigenvalue weighted by atomic mass is 19.4. The second kappa shape index (κ2) is 8.08. The molecule has 0 saturated carbocycles. The minimum Gasteiger partial charge on any atom is -0.394 e. The Morgan fingerprint density at radius 2 is 1.78 bits per heavy atom. The van der Waals surface area contributed by atoms with Crippen molar-refractivity contribution in [3.63, 3.8) is 0 Å². The fourth-order valence-corrected chi connectivity index (χ4v) is 4.71. The third-order valence-corrected chi connectivity index (χ3v) is 6.31. The minimum absolute atomic E-state index is 0.110. The molecule has 9 nitrogen and oxygen atoms in total. The number of alkyl halides is 3. The maximum Gasteiger partial charge on any atom is 0.416 e. The lowest BCUT2D eigenvalue weighted by atomic mass is 9.94. The number of nitrogens with one attached hydrogen (secondary N) is 2. The lowest BCUT2D eigenvalue weighted by Crippen LogP contribution is -2.45. The Morgan fingerprint density at radius 3 is 2.34 bits per heavy atom. The van der Waals surface area contributed by atoms with Crippen molar-refractivity contribution in [1.82, 2.24) is 20.4 Å². The molecule has 0 bridgehead atoms. The number of fused-ring (bicyclic) bond motifs is 1. The largest absolute Gasteiger partial charge is 0.416 e. The predicted octanol–water partition coefficient (Wildman–Crippen LogP) is 0.195. The van der Waals surface area contributed by atoms with Crippen LogP contribution in [0.5, 0.6) is 0 Å². The molecule has 12 heteroatoms. The lowest BCUT2D eigenvalue weighted by Gasteiger charge is -2.29. The number of benzene rings is 1. The van der Waals surface area contributed by atoms with Gasteiger partial charge in [0.1, 0.15) is 6.04 Å². The van der Waals surface area contributed by atoms with E-state index in [9.17, 15) is 37.5 Å².